The lowest BCUT2D eigenvalue weighted by molar-refractivity contribution is 0.123. The Labute approximate surface area is 152 Å². The smallest absolute Gasteiger partial charge is 0.132 e. The van der Waals surface area contributed by atoms with Gasteiger partial charge in [0.1, 0.15) is 5.75 Å². The predicted molar refractivity (Wildman–Crippen MR) is 104 cm³/mol. The summed E-state index contributed by atoms with van der Waals surface area (Å²) in [6, 6.07) is 18.6. The number of morpholine rings is 1. The molecule has 0 aliphatic carbocycles. The summed E-state index contributed by atoms with van der Waals surface area (Å²) in [6.07, 6.45) is 0. The fraction of sp³-hybridized carbons (Fsp3) is 0.238. The SMILES string of the molecule is Cc1ccc(Sc2c(O)cc(N3CCOCC3)c3ccccc23)cc1. The zero-order chi connectivity index (χ0) is 17.2. The molecule has 0 bridgehead atoms. The monoisotopic (exact) mass is 351 g/mol. The Bertz CT molecular complexity index is 886. The third-order valence-corrected chi connectivity index (χ3v) is 5.69. The molecule has 128 valence electrons. The minimum Gasteiger partial charge on any atom is -0.507 e. The van der Waals surface area contributed by atoms with Crippen LogP contribution in [0.5, 0.6) is 5.75 Å². The number of hydrogen-bond donors (Lipinski definition) is 1. The van der Waals surface area contributed by atoms with Crippen LogP contribution in [0.2, 0.25) is 0 Å². The number of phenolic OH excluding ortho intramolecular Hbond substituents is 1. The molecule has 0 unspecified atom stereocenters. The van der Waals surface area contributed by atoms with Crippen molar-refractivity contribution in [3.05, 3.63) is 60.2 Å². The van der Waals surface area contributed by atoms with Gasteiger partial charge < -0.3 is 14.7 Å². The van der Waals surface area contributed by atoms with Crippen LogP contribution in [0.3, 0.4) is 0 Å². The molecule has 1 fully saturated rings. The van der Waals surface area contributed by atoms with E-state index in [1.54, 1.807) is 11.8 Å². The van der Waals surface area contributed by atoms with Gasteiger partial charge in [0.15, 0.2) is 0 Å². The standard InChI is InChI=1S/C21H21NO2S/c1-15-6-8-16(9-7-15)25-21-18-5-3-2-4-17(18)19(14-20(21)23)22-10-12-24-13-11-22/h2-9,14,23H,10-13H2,1H3. The lowest BCUT2D eigenvalue weighted by Gasteiger charge is -2.30. The Kier molecular flexibility index (Phi) is 4.55. The average Bonchev–Trinajstić information content (AvgIpc) is 2.66. The fourth-order valence-corrected chi connectivity index (χ4v) is 4.17. The second kappa shape index (κ2) is 6.98. The summed E-state index contributed by atoms with van der Waals surface area (Å²) in [6.45, 7) is 5.25. The van der Waals surface area contributed by atoms with Crippen molar-refractivity contribution in [2.75, 3.05) is 31.2 Å². The number of hydrogen-bond acceptors (Lipinski definition) is 4. The van der Waals surface area contributed by atoms with E-state index in [1.807, 2.05) is 12.1 Å². The molecule has 1 aliphatic heterocycles. The van der Waals surface area contributed by atoms with Crippen molar-refractivity contribution in [3.8, 4) is 5.75 Å². The summed E-state index contributed by atoms with van der Waals surface area (Å²) in [5.41, 5.74) is 2.32. The lowest BCUT2D eigenvalue weighted by Crippen LogP contribution is -2.36. The highest BCUT2D eigenvalue weighted by molar-refractivity contribution is 7.99. The summed E-state index contributed by atoms with van der Waals surface area (Å²) < 4.78 is 5.47. The van der Waals surface area contributed by atoms with Gasteiger partial charge in [-0.2, -0.15) is 0 Å². The van der Waals surface area contributed by atoms with E-state index in [0.29, 0.717) is 5.75 Å². The van der Waals surface area contributed by atoms with Crippen molar-refractivity contribution in [3.63, 3.8) is 0 Å². The highest BCUT2D eigenvalue weighted by atomic mass is 32.2. The average molecular weight is 351 g/mol. The van der Waals surface area contributed by atoms with Crippen LogP contribution in [-0.2, 0) is 4.74 Å². The number of aryl methyl sites for hydroxylation is 1. The molecule has 1 heterocycles. The number of fused-ring (bicyclic) bond motifs is 1. The second-order valence-electron chi connectivity index (χ2n) is 6.30. The maximum atomic E-state index is 10.8. The summed E-state index contributed by atoms with van der Waals surface area (Å²) in [5, 5.41) is 13.0. The third kappa shape index (κ3) is 3.32. The van der Waals surface area contributed by atoms with Crippen molar-refractivity contribution < 1.29 is 9.84 Å². The maximum absolute atomic E-state index is 10.8. The van der Waals surface area contributed by atoms with Crippen LogP contribution in [-0.4, -0.2) is 31.4 Å². The quantitative estimate of drug-likeness (QED) is 0.732. The number of nitrogens with zero attached hydrogens (tertiary/aromatic N) is 1. The van der Waals surface area contributed by atoms with Crippen LogP contribution >= 0.6 is 11.8 Å². The van der Waals surface area contributed by atoms with Gasteiger partial charge in [-0.15, -0.1) is 0 Å². The number of anilines is 1. The van der Waals surface area contributed by atoms with Crippen LogP contribution in [0, 0.1) is 6.92 Å². The minimum absolute atomic E-state index is 0.339. The molecule has 25 heavy (non-hydrogen) atoms. The van der Waals surface area contributed by atoms with Crippen LogP contribution in [0.15, 0.2) is 64.4 Å². The molecule has 4 heteroatoms. The number of ether oxygens (including phenoxy) is 1. The number of benzene rings is 3. The molecule has 0 atom stereocenters. The molecular weight excluding hydrogens is 330 g/mol. The van der Waals surface area contributed by atoms with Gasteiger partial charge in [-0.05, 0) is 19.1 Å². The van der Waals surface area contributed by atoms with Crippen LogP contribution in [0.25, 0.3) is 10.8 Å². The first kappa shape index (κ1) is 16.3. The van der Waals surface area contributed by atoms with Gasteiger partial charge in [0.05, 0.1) is 18.1 Å². The van der Waals surface area contributed by atoms with Crippen molar-refractivity contribution in [1.82, 2.24) is 0 Å². The molecule has 3 aromatic carbocycles. The molecule has 0 aromatic heterocycles. The van der Waals surface area contributed by atoms with E-state index in [0.717, 1.165) is 47.2 Å². The zero-order valence-corrected chi connectivity index (χ0v) is 15.1. The molecular formula is C21H21NO2S. The third-order valence-electron chi connectivity index (χ3n) is 4.55. The Morgan fingerprint density at radius 1 is 0.960 bits per heavy atom. The molecule has 0 spiro atoms. The topological polar surface area (TPSA) is 32.7 Å². The van der Waals surface area contributed by atoms with Crippen LogP contribution in [0.1, 0.15) is 5.56 Å². The van der Waals surface area contributed by atoms with Gasteiger partial charge in [0.25, 0.3) is 0 Å². The number of rotatable bonds is 3. The first-order valence-electron chi connectivity index (χ1n) is 8.54. The van der Waals surface area contributed by atoms with Crippen molar-refractivity contribution in [2.24, 2.45) is 0 Å². The Morgan fingerprint density at radius 3 is 2.36 bits per heavy atom. The lowest BCUT2D eigenvalue weighted by atomic mass is 10.1. The van der Waals surface area contributed by atoms with Crippen molar-refractivity contribution in [2.45, 2.75) is 16.7 Å². The Hall–Kier alpha value is -2.17. The van der Waals surface area contributed by atoms with Gasteiger partial charge in [0.2, 0.25) is 0 Å². The molecule has 1 N–H and O–H groups in total. The van der Waals surface area contributed by atoms with E-state index < -0.39 is 0 Å². The van der Waals surface area contributed by atoms with Gasteiger partial charge in [0, 0.05) is 40.5 Å². The first-order valence-corrected chi connectivity index (χ1v) is 9.36. The summed E-state index contributed by atoms with van der Waals surface area (Å²) in [5.74, 6) is 0.339. The number of phenols is 1. The zero-order valence-electron chi connectivity index (χ0n) is 14.2. The normalized spacial score (nSPS) is 14.8. The first-order chi connectivity index (χ1) is 12.2. The highest BCUT2D eigenvalue weighted by Gasteiger charge is 2.18. The van der Waals surface area contributed by atoms with Gasteiger partial charge >= 0.3 is 0 Å². The second-order valence-corrected chi connectivity index (χ2v) is 7.39. The van der Waals surface area contributed by atoms with Crippen LogP contribution in [0.4, 0.5) is 5.69 Å². The van der Waals surface area contributed by atoms with Gasteiger partial charge in [-0.25, -0.2) is 0 Å². The molecule has 0 radical (unpaired) electrons. The van der Waals surface area contributed by atoms with E-state index in [1.165, 1.54) is 10.9 Å². The molecule has 1 aliphatic rings. The van der Waals surface area contributed by atoms with Crippen LogP contribution < -0.4 is 4.90 Å². The molecule has 0 amide bonds. The fourth-order valence-electron chi connectivity index (χ4n) is 3.21. The summed E-state index contributed by atoms with van der Waals surface area (Å²) in [4.78, 5) is 4.34. The van der Waals surface area contributed by atoms with E-state index in [2.05, 4.69) is 54.3 Å². The molecule has 0 saturated carbocycles. The largest absolute Gasteiger partial charge is 0.507 e. The molecule has 4 rings (SSSR count). The summed E-state index contributed by atoms with van der Waals surface area (Å²) >= 11 is 1.61. The Balaban J connectivity index is 1.80. The van der Waals surface area contributed by atoms with Crippen molar-refractivity contribution >= 4 is 28.2 Å². The van der Waals surface area contributed by atoms with E-state index in [9.17, 15) is 5.11 Å². The predicted octanol–water partition coefficient (Wildman–Crippen LogP) is 4.84. The summed E-state index contributed by atoms with van der Waals surface area (Å²) in [7, 11) is 0. The van der Waals surface area contributed by atoms with Gasteiger partial charge in [-0.1, -0.05) is 53.7 Å². The molecule has 3 aromatic rings. The van der Waals surface area contributed by atoms with E-state index >= 15 is 0 Å². The molecule has 3 nitrogen and oxygen atoms in total. The maximum Gasteiger partial charge on any atom is 0.132 e. The number of aromatic hydroxyl groups is 1. The van der Waals surface area contributed by atoms with E-state index in [-0.39, 0.29) is 0 Å². The highest BCUT2D eigenvalue weighted by Crippen LogP contribution is 2.44. The van der Waals surface area contributed by atoms with E-state index in [4.69, 9.17) is 4.74 Å². The Morgan fingerprint density at radius 2 is 1.64 bits per heavy atom. The van der Waals surface area contributed by atoms with Crippen molar-refractivity contribution in [1.29, 1.82) is 0 Å². The van der Waals surface area contributed by atoms with Gasteiger partial charge in [-0.3, -0.25) is 0 Å². The minimum atomic E-state index is 0.339. The molecule has 1 saturated heterocycles.